The Balaban J connectivity index is 1.95. The number of hydrogen-bond acceptors (Lipinski definition) is 3. The summed E-state index contributed by atoms with van der Waals surface area (Å²) < 4.78 is 5.92. The minimum Gasteiger partial charge on any atom is -0.490 e. The largest absolute Gasteiger partial charge is 0.490 e. The fourth-order valence-electron chi connectivity index (χ4n) is 2.53. The maximum absolute atomic E-state index is 5.92. The number of thioether (sulfide) groups is 1. The summed E-state index contributed by atoms with van der Waals surface area (Å²) >= 11 is 2.01. The van der Waals surface area contributed by atoms with E-state index in [0.717, 1.165) is 25.9 Å². The van der Waals surface area contributed by atoms with E-state index in [2.05, 4.69) is 11.4 Å². The van der Waals surface area contributed by atoms with Gasteiger partial charge in [-0.15, -0.1) is 11.8 Å². The average Bonchev–Trinajstić information content (AvgIpc) is 2.69. The third-order valence-electron chi connectivity index (χ3n) is 3.30. The minimum atomic E-state index is 0.0521. The number of nitrogens with one attached hydrogen (secondary N) is 1. The molecule has 1 N–H and O–H groups in total. The molecule has 0 bridgehead atoms. The molecule has 1 saturated heterocycles. The highest BCUT2D eigenvalue weighted by molar-refractivity contribution is 8.03. The summed E-state index contributed by atoms with van der Waals surface area (Å²) in [6.07, 6.45) is 7.56. The lowest BCUT2D eigenvalue weighted by Crippen LogP contribution is -2.44. The molecule has 0 aromatic heterocycles. The van der Waals surface area contributed by atoms with Crippen LogP contribution in [0.4, 0.5) is 0 Å². The summed E-state index contributed by atoms with van der Waals surface area (Å²) in [5.74, 6) is 1.24. The highest BCUT2D eigenvalue weighted by Crippen LogP contribution is 2.47. The Morgan fingerprint density at radius 3 is 3.07 bits per heavy atom. The van der Waals surface area contributed by atoms with Gasteiger partial charge < -0.3 is 10.1 Å². The molecular formula is C11H15NOS. The molecule has 0 saturated carbocycles. The highest BCUT2D eigenvalue weighted by atomic mass is 32.2. The number of ether oxygens (including phenoxy) is 1. The molecule has 0 aromatic carbocycles. The fourth-order valence-corrected chi connectivity index (χ4v) is 3.92. The molecule has 0 atom stereocenters. The Bertz CT molecular complexity index is 302. The maximum atomic E-state index is 5.92. The van der Waals surface area contributed by atoms with Crippen molar-refractivity contribution in [3.8, 4) is 0 Å². The summed E-state index contributed by atoms with van der Waals surface area (Å²) in [7, 11) is 0. The standard InChI is InChI=1S/C11H15NOS/c1-7-13-11(3-5-12-6-4-11)10-9(1)2-8-14-10/h1,7,12H,2-6,8H2. The molecule has 2 nitrogen and oxygen atoms in total. The quantitative estimate of drug-likeness (QED) is 0.659. The summed E-state index contributed by atoms with van der Waals surface area (Å²) in [6, 6.07) is 0. The zero-order chi connectivity index (χ0) is 9.43. The Kier molecular flexibility index (Phi) is 2.10. The third-order valence-corrected chi connectivity index (χ3v) is 4.63. The van der Waals surface area contributed by atoms with Gasteiger partial charge in [-0.25, -0.2) is 0 Å². The minimum absolute atomic E-state index is 0.0521. The predicted octanol–water partition coefficient (Wildman–Crippen LogP) is 2.04. The molecule has 0 unspecified atom stereocenters. The Morgan fingerprint density at radius 1 is 1.36 bits per heavy atom. The molecule has 0 radical (unpaired) electrons. The zero-order valence-electron chi connectivity index (χ0n) is 8.21. The van der Waals surface area contributed by atoms with Crippen molar-refractivity contribution in [1.82, 2.24) is 5.32 Å². The molecule has 3 heteroatoms. The summed E-state index contributed by atoms with van der Waals surface area (Å²) in [4.78, 5) is 1.53. The second-order valence-corrected chi connectivity index (χ2v) is 5.22. The van der Waals surface area contributed by atoms with Gasteiger partial charge in [0, 0.05) is 23.5 Å². The molecule has 76 valence electrons. The first-order valence-electron chi connectivity index (χ1n) is 5.32. The Hall–Kier alpha value is -0.410. The Labute approximate surface area is 88.8 Å². The van der Waals surface area contributed by atoms with Gasteiger partial charge in [-0.3, -0.25) is 0 Å². The predicted molar refractivity (Wildman–Crippen MR) is 59.2 cm³/mol. The number of piperidine rings is 1. The van der Waals surface area contributed by atoms with Crippen LogP contribution in [-0.2, 0) is 4.74 Å². The second kappa shape index (κ2) is 3.31. The van der Waals surface area contributed by atoms with Crippen LogP contribution in [0.3, 0.4) is 0 Å². The van der Waals surface area contributed by atoms with Crippen molar-refractivity contribution in [3.05, 3.63) is 22.8 Å². The van der Waals surface area contributed by atoms with Crippen molar-refractivity contribution in [2.24, 2.45) is 0 Å². The van der Waals surface area contributed by atoms with E-state index in [4.69, 9.17) is 4.74 Å². The van der Waals surface area contributed by atoms with Crippen LogP contribution in [0.2, 0.25) is 0 Å². The monoisotopic (exact) mass is 209 g/mol. The molecule has 0 amide bonds. The van der Waals surface area contributed by atoms with E-state index in [1.54, 1.807) is 0 Å². The van der Waals surface area contributed by atoms with Crippen LogP contribution in [-0.4, -0.2) is 24.4 Å². The van der Waals surface area contributed by atoms with Crippen LogP contribution in [0.25, 0.3) is 0 Å². The molecule has 1 fully saturated rings. The van der Waals surface area contributed by atoms with Gasteiger partial charge in [0.2, 0.25) is 0 Å². The highest BCUT2D eigenvalue weighted by Gasteiger charge is 2.41. The summed E-state index contributed by atoms with van der Waals surface area (Å²) in [5.41, 5.74) is 1.58. The molecule has 14 heavy (non-hydrogen) atoms. The van der Waals surface area contributed by atoms with E-state index in [0.29, 0.717) is 0 Å². The molecule has 3 aliphatic rings. The fraction of sp³-hybridized carbons (Fsp3) is 0.636. The molecule has 3 rings (SSSR count). The van der Waals surface area contributed by atoms with Crippen molar-refractivity contribution in [2.45, 2.75) is 24.9 Å². The third kappa shape index (κ3) is 1.22. The van der Waals surface area contributed by atoms with Gasteiger partial charge in [0.15, 0.2) is 0 Å². The van der Waals surface area contributed by atoms with Crippen LogP contribution in [0.5, 0.6) is 0 Å². The van der Waals surface area contributed by atoms with E-state index in [1.807, 2.05) is 18.0 Å². The van der Waals surface area contributed by atoms with Gasteiger partial charge in [-0.05, 0) is 31.2 Å². The van der Waals surface area contributed by atoms with E-state index in [-0.39, 0.29) is 5.60 Å². The van der Waals surface area contributed by atoms with E-state index >= 15 is 0 Å². The van der Waals surface area contributed by atoms with Crippen LogP contribution >= 0.6 is 11.8 Å². The first kappa shape index (κ1) is 8.86. The molecule has 0 aliphatic carbocycles. The number of fused-ring (bicyclic) bond motifs is 1. The second-order valence-electron chi connectivity index (χ2n) is 4.12. The maximum Gasteiger partial charge on any atom is 0.141 e. The van der Waals surface area contributed by atoms with Crippen LogP contribution < -0.4 is 5.32 Å². The normalized spacial score (nSPS) is 29.1. The van der Waals surface area contributed by atoms with Crippen molar-refractivity contribution in [3.63, 3.8) is 0 Å². The van der Waals surface area contributed by atoms with Crippen molar-refractivity contribution >= 4 is 11.8 Å². The first-order valence-corrected chi connectivity index (χ1v) is 6.31. The molecule has 3 aliphatic heterocycles. The SMILES string of the molecule is C1=CC2=C(SCC2)C2(CCNCC2)O1. The molecule has 0 aromatic rings. The van der Waals surface area contributed by atoms with E-state index in [9.17, 15) is 0 Å². The number of hydrogen-bond donors (Lipinski definition) is 1. The van der Waals surface area contributed by atoms with Crippen molar-refractivity contribution in [2.75, 3.05) is 18.8 Å². The van der Waals surface area contributed by atoms with Crippen molar-refractivity contribution < 1.29 is 4.74 Å². The van der Waals surface area contributed by atoms with Gasteiger partial charge in [0.25, 0.3) is 0 Å². The number of allylic oxidation sites excluding steroid dienone is 2. The van der Waals surface area contributed by atoms with Gasteiger partial charge in [0.1, 0.15) is 5.60 Å². The smallest absolute Gasteiger partial charge is 0.141 e. The summed E-state index contributed by atoms with van der Waals surface area (Å²) in [6.45, 7) is 2.18. The van der Waals surface area contributed by atoms with Crippen LogP contribution in [0.1, 0.15) is 19.3 Å². The average molecular weight is 209 g/mol. The lowest BCUT2D eigenvalue weighted by atomic mass is 9.88. The lowest BCUT2D eigenvalue weighted by Gasteiger charge is -2.39. The molecular weight excluding hydrogens is 194 g/mol. The van der Waals surface area contributed by atoms with Crippen molar-refractivity contribution in [1.29, 1.82) is 0 Å². The van der Waals surface area contributed by atoms with Gasteiger partial charge >= 0.3 is 0 Å². The van der Waals surface area contributed by atoms with Gasteiger partial charge in [0.05, 0.1) is 6.26 Å². The van der Waals surface area contributed by atoms with E-state index < -0.39 is 0 Å². The Morgan fingerprint density at radius 2 is 2.21 bits per heavy atom. The summed E-state index contributed by atoms with van der Waals surface area (Å²) in [5, 5.41) is 3.40. The van der Waals surface area contributed by atoms with Crippen LogP contribution in [0, 0.1) is 0 Å². The van der Waals surface area contributed by atoms with Gasteiger partial charge in [-0.2, -0.15) is 0 Å². The molecule has 1 spiro atoms. The topological polar surface area (TPSA) is 21.3 Å². The van der Waals surface area contributed by atoms with E-state index in [1.165, 1.54) is 22.7 Å². The number of rotatable bonds is 0. The lowest BCUT2D eigenvalue weighted by molar-refractivity contribution is 0.0317. The zero-order valence-corrected chi connectivity index (χ0v) is 9.03. The van der Waals surface area contributed by atoms with Crippen LogP contribution in [0.15, 0.2) is 22.8 Å². The first-order chi connectivity index (χ1) is 6.91. The molecule has 3 heterocycles. The van der Waals surface area contributed by atoms with Gasteiger partial charge in [-0.1, -0.05) is 0 Å².